The number of ether oxygens (including phenoxy) is 3. The predicted octanol–water partition coefficient (Wildman–Crippen LogP) is 5.19. The summed E-state index contributed by atoms with van der Waals surface area (Å²) in [6.45, 7) is 5.99. The molecule has 0 bridgehead atoms. The van der Waals surface area contributed by atoms with Gasteiger partial charge >= 0.3 is 5.97 Å². The summed E-state index contributed by atoms with van der Waals surface area (Å²) in [5, 5.41) is 0. The van der Waals surface area contributed by atoms with Crippen LogP contribution in [0.4, 0.5) is 0 Å². The molecule has 1 aliphatic heterocycles. The number of nitrogens with zero attached hydrogens (tertiary/aromatic N) is 1. The number of methoxy groups -OCH3 is 2. The first-order valence-corrected chi connectivity index (χ1v) is 15.3. The Morgan fingerprint density at radius 1 is 1.12 bits per heavy atom. The van der Waals surface area contributed by atoms with E-state index in [0.717, 1.165) is 21.6 Å². The molecule has 0 fully saturated rings. The SMILES string of the molecule is COCCC1CN(Cc2cc(C(c3ccc(C(C)=O)s3)C(C)C(=O)OC)ccc2C)S(=O)(=O)c2ccccc2O1. The number of sulfonamides is 1. The third-order valence-electron chi connectivity index (χ3n) is 7.24. The first kappa shape index (κ1) is 29.9. The number of carbonyl (C=O) groups excluding carboxylic acids is 2. The first-order chi connectivity index (χ1) is 19.1. The second-order valence-electron chi connectivity index (χ2n) is 10.00. The highest BCUT2D eigenvalue weighted by atomic mass is 32.2. The molecule has 3 unspecified atom stereocenters. The Hall–Kier alpha value is -3.05. The van der Waals surface area contributed by atoms with Gasteiger partial charge < -0.3 is 14.2 Å². The third-order valence-corrected chi connectivity index (χ3v) is 10.4. The summed E-state index contributed by atoms with van der Waals surface area (Å²) in [5.74, 6) is -0.969. The van der Waals surface area contributed by atoms with Crippen LogP contribution in [0.5, 0.6) is 5.75 Å². The van der Waals surface area contributed by atoms with Crippen molar-refractivity contribution in [2.24, 2.45) is 5.92 Å². The lowest BCUT2D eigenvalue weighted by Gasteiger charge is -2.26. The summed E-state index contributed by atoms with van der Waals surface area (Å²) >= 11 is 1.36. The number of para-hydroxylation sites is 1. The number of fused-ring (bicyclic) bond motifs is 1. The standard InChI is InChI=1S/C30H35NO7S2/c1-19-10-11-22(29(20(2)30(33)37-5)27-13-12-26(39-27)21(3)32)16-23(19)17-31-18-24(14-15-36-4)38-25-8-6-7-9-28(25)40(31,34)35/h6-13,16,20,24,29H,14-15,17-18H2,1-5H3. The van der Waals surface area contributed by atoms with Gasteiger partial charge in [-0.25, -0.2) is 8.42 Å². The Balaban J connectivity index is 1.75. The summed E-state index contributed by atoms with van der Waals surface area (Å²) in [6.07, 6.45) is 0.149. The van der Waals surface area contributed by atoms with Crippen LogP contribution in [-0.4, -0.2) is 58.0 Å². The second-order valence-corrected chi connectivity index (χ2v) is 13.0. The monoisotopic (exact) mass is 585 g/mol. The van der Waals surface area contributed by atoms with Gasteiger partial charge in [0.1, 0.15) is 16.7 Å². The maximum Gasteiger partial charge on any atom is 0.309 e. The molecule has 3 aromatic rings. The molecule has 8 nitrogen and oxygen atoms in total. The number of hydrogen-bond acceptors (Lipinski definition) is 8. The first-order valence-electron chi connectivity index (χ1n) is 13.1. The molecule has 0 saturated heterocycles. The van der Waals surface area contributed by atoms with E-state index in [0.29, 0.717) is 23.7 Å². The van der Waals surface area contributed by atoms with Gasteiger partial charge in [0, 0.05) is 37.5 Å². The molecule has 0 saturated carbocycles. The summed E-state index contributed by atoms with van der Waals surface area (Å²) in [4.78, 5) is 26.3. The van der Waals surface area contributed by atoms with Gasteiger partial charge in [-0.3, -0.25) is 9.59 Å². The van der Waals surface area contributed by atoms with Gasteiger partial charge in [-0.15, -0.1) is 11.3 Å². The molecule has 0 spiro atoms. The zero-order chi connectivity index (χ0) is 29.0. The van der Waals surface area contributed by atoms with Crippen LogP contribution in [0.2, 0.25) is 0 Å². The number of thiophene rings is 1. The average Bonchev–Trinajstić information content (AvgIpc) is 3.39. The van der Waals surface area contributed by atoms with E-state index in [4.69, 9.17) is 14.2 Å². The molecule has 2 aromatic carbocycles. The normalized spacial score (nSPS) is 18.2. The Bertz CT molecular complexity index is 1480. The van der Waals surface area contributed by atoms with Crippen molar-refractivity contribution in [3.8, 4) is 5.75 Å². The fourth-order valence-corrected chi connectivity index (χ4v) is 7.67. The van der Waals surface area contributed by atoms with Crippen molar-refractivity contribution < 1.29 is 32.2 Å². The molecule has 40 heavy (non-hydrogen) atoms. The van der Waals surface area contributed by atoms with Crippen LogP contribution in [0.25, 0.3) is 0 Å². The van der Waals surface area contributed by atoms with E-state index >= 15 is 0 Å². The lowest BCUT2D eigenvalue weighted by Crippen LogP contribution is -2.37. The van der Waals surface area contributed by atoms with Crippen LogP contribution in [0.15, 0.2) is 59.5 Å². The van der Waals surface area contributed by atoms with E-state index in [-0.39, 0.29) is 41.8 Å². The molecule has 4 rings (SSSR count). The Labute approximate surface area is 239 Å². The van der Waals surface area contributed by atoms with Crippen molar-refractivity contribution in [1.82, 2.24) is 4.31 Å². The van der Waals surface area contributed by atoms with Crippen molar-refractivity contribution in [2.45, 2.75) is 50.7 Å². The van der Waals surface area contributed by atoms with E-state index < -0.39 is 15.9 Å². The number of carbonyl (C=O) groups is 2. The van der Waals surface area contributed by atoms with Crippen molar-refractivity contribution in [3.63, 3.8) is 0 Å². The molecule has 0 amide bonds. The second kappa shape index (κ2) is 12.6. The van der Waals surface area contributed by atoms with Gasteiger partial charge in [0.2, 0.25) is 10.0 Å². The highest BCUT2D eigenvalue weighted by Gasteiger charge is 2.35. The van der Waals surface area contributed by atoms with Crippen molar-refractivity contribution in [2.75, 3.05) is 27.4 Å². The lowest BCUT2D eigenvalue weighted by atomic mass is 9.84. The van der Waals surface area contributed by atoms with Crippen LogP contribution in [-0.2, 0) is 30.8 Å². The zero-order valence-electron chi connectivity index (χ0n) is 23.4. The van der Waals surface area contributed by atoms with Gasteiger partial charge in [0.15, 0.2) is 5.78 Å². The van der Waals surface area contributed by atoms with Gasteiger partial charge in [-0.1, -0.05) is 37.3 Å². The molecule has 0 radical (unpaired) electrons. The fourth-order valence-electron chi connectivity index (χ4n) is 4.97. The lowest BCUT2D eigenvalue weighted by molar-refractivity contribution is -0.145. The maximum atomic E-state index is 13.8. The van der Waals surface area contributed by atoms with Crippen molar-refractivity contribution in [3.05, 3.63) is 81.0 Å². The maximum absolute atomic E-state index is 13.8. The number of esters is 1. The van der Waals surface area contributed by atoms with Gasteiger partial charge in [0.05, 0.1) is 24.4 Å². The number of aryl methyl sites for hydroxylation is 1. The van der Waals surface area contributed by atoms with Gasteiger partial charge in [-0.05, 0) is 54.8 Å². The van der Waals surface area contributed by atoms with Crippen molar-refractivity contribution in [1.29, 1.82) is 0 Å². The van der Waals surface area contributed by atoms with Crippen LogP contribution >= 0.6 is 11.3 Å². The van der Waals surface area contributed by atoms with E-state index in [1.165, 1.54) is 29.7 Å². The molecule has 10 heteroatoms. The minimum Gasteiger partial charge on any atom is -0.488 e. The van der Waals surface area contributed by atoms with Crippen molar-refractivity contribution >= 4 is 33.1 Å². The number of benzene rings is 2. The third kappa shape index (κ3) is 6.30. The van der Waals surface area contributed by atoms with Crippen LogP contribution < -0.4 is 4.74 Å². The van der Waals surface area contributed by atoms with Crippen LogP contribution in [0.3, 0.4) is 0 Å². The van der Waals surface area contributed by atoms with E-state index in [2.05, 4.69) is 0 Å². The van der Waals surface area contributed by atoms with Crippen LogP contribution in [0, 0.1) is 12.8 Å². The van der Waals surface area contributed by atoms with E-state index in [1.807, 2.05) is 31.2 Å². The van der Waals surface area contributed by atoms with E-state index in [1.54, 1.807) is 44.4 Å². The molecule has 0 aliphatic carbocycles. The number of rotatable bonds is 10. The van der Waals surface area contributed by atoms with Crippen LogP contribution in [0.1, 0.15) is 57.4 Å². The smallest absolute Gasteiger partial charge is 0.309 e. The van der Waals surface area contributed by atoms with Gasteiger partial charge in [0.25, 0.3) is 0 Å². The van der Waals surface area contributed by atoms with E-state index in [9.17, 15) is 18.0 Å². The summed E-state index contributed by atoms with van der Waals surface area (Å²) in [6, 6.07) is 16.2. The molecule has 1 aliphatic rings. The Morgan fingerprint density at radius 3 is 2.55 bits per heavy atom. The number of hydrogen-bond donors (Lipinski definition) is 0. The zero-order valence-corrected chi connectivity index (χ0v) is 25.0. The molecule has 3 atom stereocenters. The predicted molar refractivity (Wildman–Crippen MR) is 153 cm³/mol. The molecule has 214 valence electrons. The summed E-state index contributed by atoms with van der Waals surface area (Å²) in [7, 11) is -0.898. The summed E-state index contributed by atoms with van der Waals surface area (Å²) in [5.41, 5.74) is 2.58. The minimum absolute atomic E-state index is 0.0396. The number of ketones is 1. The van der Waals surface area contributed by atoms with Gasteiger partial charge in [-0.2, -0.15) is 4.31 Å². The molecule has 1 aromatic heterocycles. The minimum atomic E-state index is -3.86. The molecular weight excluding hydrogens is 550 g/mol. The Kier molecular flexibility index (Phi) is 9.45. The molecule has 0 N–H and O–H groups in total. The highest BCUT2D eigenvalue weighted by Crippen LogP contribution is 2.39. The topological polar surface area (TPSA) is 99.2 Å². The highest BCUT2D eigenvalue weighted by molar-refractivity contribution is 7.89. The molecule has 2 heterocycles. The Morgan fingerprint density at radius 2 is 1.88 bits per heavy atom. The summed E-state index contributed by atoms with van der Waals surface area (Å²) < 4.78 is 45.6. The fraction of sp³-hybridized carbons (Fsp3) is 0.400. The quantitative estimate of drug-likeness (QED) is 0.239. The largest absolute Gasteiger partial charge is 0.488 e. The average molecular weight is 586 g/mol. The number of Topliss-reactive ketones (excluding diaryl/α,β-unsaturated/α-hetero) is 1. The molecular formula is C30H35NO7S2.